The van der Waals surface area contributed by atoms with E-state index in [-0.39, 0.29) is 0 Å². The Balaban J connectivity index is 1.72. The van der Waals surface area contributed by atoms with Crippen molar-refractivity contribution in [1.82, 2.24) is 9.78 Å². The van der Waals surface area contributed by atoms with Gasteiger partial charge in [0.15, 0.2) is 0 Å². The third-order valence-electron chi connectivity index (χ3n) is 3.48. The fourth-order valence-electron chi connectivity index (χ4n) is 2.28. The van der Waals surface area contributed by atoms with Gasteiger partial charge in [0.2, 0.25) is 6.33 Å². The van der Waals surface area contributed by atoms with Gasteiger partial charge in [0.1, 0.15) is 0 Å². The van der Waals surface area contributed by atoms with Crippen LogP contribution >= 0.6 is 0 Å². The molecule has 0 saturated carbocycles. The van der Waals surface area contributed by atoms with Crippen molar-refractivity contribution in [3.05, 3.63) is 30.6 Å². The van der Waals surface area contributed by atoms with Crippen molar-refractivity contribution in [2.75, 3.05) is 31.2 Å². The van der Waals surface area contributed by atoms with Crippen LogP contribution in [0.15, 0.2) is 40.8 Å². The predicted octanol–water partition coefficient (Wildman–Crippen LogP) is 1.50. The van der Waals surface area contributed by atoms with Gasteiger partial charge in [-0.3, -0.25) is 0 Å². The zero-order chi connectivity index (χ0) is 14.7. The first-order valence-corrected chi connectivity index (χ1v) is 6.96. The van der Waals surface area contributed by atoms with E-state index in [4.69, 9.17) is 4.74 Å². The number of benzene rings is 1. The summed E-state index contributed by atoms with van der Waals surface area (Å²) in [4.78, 5) is 2.31. The average molecular weight is 287 g/mol. The maximum absolute atomic E-state index is 5.36. The number of hydrogen-bond donors (Lipinski definition) is 0. The zero-order valence-electron chi connectivity index (χ0n) is 12.3. The summed E-state index contributed by atoms with van der Waals surface area (Å²) in [5.41, 5.74) is 2.02. The molecule has 1 aliphatic heterocycles. The number of aryl methyl sites for hydroxylation is 2. The predicted molar refractivity (Wildman–Crippen MR) is 78.0 cm³/mol. The summed E-state index contributed by atoms with van der Waals surface area (Å²) >= 11 is 0. The molecule has 1 aromatic carbocycles. The van der Waals surface area contributed by atoms with Gasteiger partial charge in [-0.05, 0) is 29.4 Å². The SMILES string of the molecule is Cn1nc[n+](C)c1N=Nc1ccc(N2CCOCC2)cc1. The van der Waals surface area contributed by atoms with Crippen LogP contribution in [0.3, 0.4) is 0 Å². The number of nitrogens with zero attached hydrogens (tertiary/aromatic N) is 6. The first-order valence-electron chi connectivity index (χ1n) is 6.96. The van der Waals surface area contributed by atoms with Crippen LogP contribution < -0.4 is 9.47 Å². The van der Waals surface area contributed by atoms with E-state index in [0.717, 1.165) is 32.0 Å². The minimum absolute atomic E-state index is 0.701. The van der Waals surface area contributed by atoms with Gasteiger partial charge in [-0.1, -0.05) is 5.11 Å². The normalized spacial score (nSPS) is 15.8. The first-order chi connectivity index (χ1) is 10.2. The monoisotopic (exact) mass is 287 g/mol. The molecule has 0 spiro atoms. The second-order valence-corrected chi connectivity index (χ2v) is 4.98. The fraction of sp³-hybridized carbons (Fsp3) is 0.429. The lowest BCUT2D eigenvalue weighted by atomic mass is 10.2. The summed E-state index contributed by atoms with van der Waals surface area (Å²) in [5, 5.41) is 12.6. The van der Waals surface area contributed by atoms with Gasteiger partial charge < -0.3 is 9.64 Å². The molecule has 1 fully saturated rings. The van der Waals surface area contributed by atoms with Crippen LogP contribution in [0.4, 0.5) is 17.3 Å². The van der Waals surface area contributed by atoms with Crippen molar-refractivity contribution in [2.45, 2.75) is 0 Å². The molecule has 7 nitrogen and oxygen atoms in total. The highest BCUT2D eigenvalue weighted by Crippen LogP contribution is 2.21. The molecular formula is C14H19N6O+. The largest absolute Gasteiger partial charge is 0.403 e. The van der Waals surface area contributed by atoms with E-state index in [1.165, 1.54) is 5.69 Å². The molecule has 0 N–H and O–H groups in total. The molecule has 1 aliphatic rings. The van der Waals surface area contributed by atoms with E-state index < -0.39 is 0 Å². The lowest BCUT2D eigenvalue weighted by molar-refractivity contribution is -0.659. The van der Waals surface area contributed by atoms with Gasteiger partial charge >= 0.3 is 5.95 Å². The van der Waals surface area contributed by atoms with Crippen LogP contribution in [-0.2, 0) is 18.8 Å². The number of hydrogen-bond acceptors (Lipinski definition) is 5. The second-order valence-electron chi connectivity index (χ2n) is 4.98. The van der Waals surface area contributed by atoms with Crippen molar-refractivity contribution < 1.29 is 9.30 Å². The molecule has 110 valence electrons. The molecule has 3 rings (SSSR count). The molecule has 0 radical (unpaired) electrons. The summed E-state index contributed by atoms with van der Waals surface area (Å²) in [7, 11) is 3.73. The maximum Gasteiger partial charge on any atom is 0.403 e. The number of rotatable bonds is 3. The average Bonchev–Trinajstić information content (AvgIpc) is 2.85. The van der Waals surface area contributed by atoms with Crippen molar-refractivity contribution >= 4 is 17.3 Å². The Bertz CT molecular complexity index is 608. The van der Waals surface area contributed by atoms with Gasteiger partial charge in [-0.15, -0.1) is 4.68 Å². The third-order valence-corrected chi connectivity index (χ3v) is 3.48. The minimum Gasteiger partial charge on any atom is -0.378 e. The fourth-order valence-corrected chi connectivity index (χ4v) is 2.28. The van der Waals surface area contributed by atoms with Crippen LogP contribution in [0.5, 0.6) is 0 Å². The molecule has 1 aromatic heterocycles. The standard InChI is InChI=1S/C14H19N6O/c1-18-11-15-19(2)14(18)17-16-12-3-5-13(6-4-12)20-7-9-21-10-8-20/h3-6,11H,7-10H2,1-2H3/q+1. The molecule has 0 amide bonds. The van der Waals surface area contributed by atoms with Crippen molar-refractivity contribution in [2.24, 2.45) is 24.3 Å². The lowest BCUT2D eigenvalue weighted by Gasteiger charge is -2.28. The van der Waals surface area contributed by atoms with E-state index in [1.807, 2.05) is 30.8 Å². The molecule has 2 aromatic rings. The topological polar surface area (TPSA) is 58.9 Å². The van der Waals surface area contributed by atoms with Crippen LogP contribution in [0.2, 0.25) is 0 Å². The van der Waals surface area contributed by atoms with Gasteiger partial charge in [0, 0.05) is 23.9 Å². The van der Waals surface area contributed by atoms with E-state index in [2.05, 4.69) is 32.4 Å². The smallest absolute Gasteiger partial charge is 0.378 e. The van der Waals surface area contributed by atoms with Crippen LogP contribution in [-0.4, -0.2) is 36.1 Å². The highest BCUT2D eigenvalue weighted by Gasteiger charge is 2.12. The molecule has 21 heavy (non-hydrogen) atoms. The number of morpholine rings is 1. The maximum atomic E-state index is 5.36. The Kier molecular flexibility index (Phi) is 3.92. The van der Waals surface area contributed by atoms with Gasteiger partial charge in [0.05, 0.1) is 33.0 Å². The Morgan fingerprint density at radius 1 is 1.14 bits per heavy atom. The number of ether oxygens (including phenoxy) is 1. The summed E-state index contributed by atoms with van der Waals surface area (Å²) in [5.74, 6) is 0.701. The molecule has 1 saturated heterocycles. The van der Waals surface area contributed by atoms with Crippen molar-refractivity contribution in [3.8, 4) is 0 Å². The highest BCUT2D eigenvalue weighted by atomic mass is 16.5. The summed E-state index contributed by atoms with van der Waals surface area (Å²) in [6.45, 7) is 3.45. The third kappa shape index (κ3) is 3.08. The molecule has 0 atom stereocenters. The lowest BCUT2D eigenvalue weighted by Crippen LogP contribution is -2.36. The number of azo groups is 1. The van der Waals surface area contributed by atoms with Crippen molar-refractivity contribution in [3.63, 3.8) is 0 Å². The van der Waals surface area contributed by atoms with E-state index >= 15 is 0 Å². The second kappa shape index (κ2) is 6.01. The number of aromatic nitrogens is 3. The van der Waals surface area contributed by atoms with Crippen LogP contribution in [0.1, 0.15) is 0 Å². The number of anilines is 1. The zero-order valence-corrected chi connectivity index (χ0v) is 12.3. The van der Waals surface area contributed by atoms with Crippen molar-refractivity contribution in [1.29, 1.82) is 0 Å². The quantitative estimate of drug-likeness (QED) is 0.635. The summed E-state index contributed by atoms with van der Waals surface area (Å²) in [6, 6.07) is 8.10. The molecule has 2 heterocycles. The molecule has 7 heteroatoms. The Morgan fingerprint density at radius 3 is 2.48 bits per heavy atom. The summed E-state index contributed by atoms with van der Waals surface area (Å²) < 4.78 is 8.87. The van der Waals surface area contributed by atoms with Gasteiger partial charge in [-0.2, -0.15) is 0 Å². The molecular weight excluding hydrogens is 268 g/mol. The Labute approximate surface area is 123 Å². The van der Waals surface area contributed by atoms with Gasteiger partial charge in [-0.25, -0.2) is 4.57 Å². The molecule has 0 bridgehead atoms. The van der Waals surface area contributed by atoms with E-state index in [1.54, 1.807) is 11.0 Å². The van der Waals surface area contributed by atoms with Gasteiger partial charge in [0.25, 0.3) is 0 Å². The Hall–Kier alpha value is -2.28. The first kappa shape index (κ1) is 13.7. The highest BCUT2D eigenvalue weighted by molar-refractivity contribution is 5.52. The molecule has 0 unspecified atom stereocenters. The Morgan fingerprint density at radius 2 is 1.86 bits per heavy atom. The van der Waals surface area contributed by atoms with E-state index in [0.29, 0.717) is 5.95 Å². The summed E-state index contributed by atoms with van der Waals surface area (Å²) in [6.07, 6.45) is 1.70. The van der Waals surface area contributed by atoms with Crippen LogP contribution in [0.25, 0.3) is 0 Å². The van der Waals surface area contributed by atoms with E-state index in [9.17, 15) is 0 Å². The minimum atomic E-state index is 0.701. The van der Waals surface area contributed by atoms with Crippen LogP contribution in [0, 0.1) is 0 Å². The molecule has 0 aliphatic carbocycles.